The molecule has 0 aliphatic rings. The molecule has 0 heterocycles. The molecule has 0 N–H and O–H groups in total. The first-order valence-corrected chi connectivity index (χ1v) is 5.57. The first kappa shape index (κ1) is 14.1. The van der Waals surface area contributed by atoms with Crippen LogP contribution in [0.1, 0.15) is 47.3 Å². The predicted octanol–water partition coefficient (Wildman–Crippen LogP) is 3.23. The van der Waals surface area contributed by atoms with Gasteiger partial charge in [0.05, 0.1) is 23.8 Å². The smallest absolute Gasteiger partial charge is 0.338 e. The molecule has 1 aromatic carbocycles. The van der Waals surface area contributed by atoms with Crippen molar-refractivity contribution in [2.45, 2.75) is 26.7 Å². The molecule has 3 nitrogen and oxygen atoms in total. The zero-order valence-electron chi connectivity index (χ0n) is 10.2. The van der Waals surface area contributed by atoms with Gasteiger partial charge in [-0.15, -0.1) is 0 Å². The average Bonchev–Trinajstić information content (AvgIpc) is 2.37. The van der Waals surface area contributed by atoms with Crippen molar-refractivity contribution in [3.63, 3.8) is 0 Å². The van der Waals surface area contributed by atoms with Gasteiger partial charge in [0, 0.05) is 5.56 Å². The number of hydrogen-bond acceptors (Lipinski definition) is 3. The van der Waals surface area contributed by atoms with Crippen LogP contribution < -0.4 is 0 Å². The molecule has 0 aliphatic carbocycles. The Morgan fingerprint density at radius 1 is 1.44 bits per heavy atom. The summed E-state index contributed by atoms with van der Waals surface area (Å²) in [6.45, 7) is 3.59. The lowest BCUT2D eigenvalue weighted by Gasteiger charge is -2.11. The largest absolute Gasteiger partial charge is 0.462 e. The number of esters is 1. The topological polar surface area (TPSA) is 50.1 Å². The Bertz CT molecular complexity index is 492. The van der Waals surface area contributed by atoms with E-state index in [1.165, 1.54) is 6.07 Å². The number of carbonyl (C=O) groups is 1. The molecular formula is C13H13F2NO2. The maximum absolute atomic E-state index is 12.8. The number of rotatable bonds is 4. The fraction of sp³-hybridized carbons (Fsp3) is 0.385. The number of alkyl halides is 2. The zero-order chi connectivity index (χ0) is 13.7. The summed E-state index contributed by atoms with van der Waals surface area (Å²) in [4.78, 5) is 11.6. The van der Waals surface area contributed by atoms with Gasteiger partial charge in [-0.1, -0.05) is 6.92 Å². The minimum Gasteiger partial charge on any atom is -0.462 e. The van der Waals surface area contributed by atoms with Crippen LogP contribution >= 0.6 is 0 Å². The number of benzene rings is 1. The molecule has 0 fully saturated rings. The Kier molecular flexibility index (Phi) is 4.78. The summed E-state index contributed by atoms with van der Waals surface area (Å²) < 4.78 is 30.4. The molecule has 1 aromatic rings. The van der Waals surface area contributed by atoms with Gasteiger partial charge in [-0.3, -0.25) is 0 Å². The Morgan fingerprint density at radius 3 is 2.56 bits per heavy atom. The molecule has 0 aliphatic heterocycles. The Morgan fingerprint density at radius 2 is 2.11 bits per heavy atom. The van der Waals surface area contributed by atoms with Crippen molar-refractivity contribution in [2.24, 2.45) is 0 Å². The van der Waals surface area contributed by atoms with Gasteiger partial charge in [0.1, 0.15) is 0 Å². The quantitative estimate of drug-likeness (QED) is 0.774. The second-order valence-corrected chi connectivity index (χ2v) is 3.58. The fourth-order valence-corrected chi connectivity index (χ4v) is 1.63. The molecule has 96 valence electrons. The lowest BCUT2D eigenvalue weighted by atomic mass is 9.97. The van der Waals surface area contributed by atoms with Crippen LogP contribution in [0, 0.1) is 11.3 Å². The third kappa shape index (κ3) is 2.83. The number of halogens is 2. The molecular weight excluding hydrogens is 240 g/mol. The van der Waals surface area contributed by atoms with Crippen molar-refractivity contribution in [3.8, 4) is 6.07 Å². The molecule has 0 saturated carbocycles. The molecule has 0 atom stereocenters. The third-order valence-electron chi connectivity index (χ3n) is 2.51. The van der Waals surface area contributed by atoms with E-state index in [0.717, 1.165) is 6.07 Å². The molecule has 5 heteroatoms. The molecule has 1 rings (SSSR count). The Balaban J connectivity index is 3.37. The predicted molar refractivity (Wildman–Crippen MR) is 61.4 cm³/mol. The van der Waals surface area contributed by atoms with E-state index in [9.17, 15) is 13.6 Å². The van der Waals surface area contributed by atoms with E-state index in [4.69, 9.17) is 10.00 Å². The van der Waals surface area contributed by atoms with Crippen molar-refractivity contribution in [2.75, 3.05) is 6.61 Å². The number of nitrogens with zero attached hydrogens (tertiary/aromatic N) is 1. The van der Waals surface area contributed by atoms with Gasteiger partial charge in [-0.2, -0.15) is 5.26 Å². The van der Waals surface area contributed by atoms with Crippen LogP contribution in [0.25, 0.3) is 0 Å². The van der Waals surface area contributed by atoms with E-state index < -0.39 is 18.0 Å². The van der Waals surface area contributed by atoms with Crippen LogP contribution in [0.4, 0.5) is 8.78 Å². The normalized spacial score (nSPS) is 10.2. The molecule has 0 spiro atoms. The van der Waals surface area contributed by atoms with Gasteiger partial charge in [-0.05, 0) is 31.0 Å². The van der Waals surface area contributed by atoms with Gasteiger partial charge in [-0.25, -0.2) is 13.6 Å². The van der Waals surface area contributed by atoms with E-state index in [-0.39, 0.29) is 17.7 Å². The highest BCUT2D eigenvalue weighted by molar-refractivity contribution is 5.91. The molecule has 0 aromatic heterocycles. The highest BCUT2D eigenvalue weighted by Gasteiger charge is 2.20. The highest BCUT2D eigenvalue weighted by atomic mass is 19.3. The van der Waals surface area contributed by atoms with Gasteiger partial charge in [0.25, 0.3) is 6.43 Å². The van der Waals surface area contributed by atoms with Crippen molar-refractivity contribution in [1.29, 1.82) is 5.26 Å². The second kappa shape index (κ2) is 6.10. The van der Waals surface area contributed by atoms with Gasteiger partial charge in [0.2, 0.25) is 0 Å². The molecule has 18 heavy (non-hydrogen) atoms. The summed E-state index contributed by atoms with van der Waals surface area (Å²) in [5, 5.41) is 8.82. The number of nitriles is 1. The standard InChI is InChI=1S/C13H13F2NO2/c1-3-8-5-9(7-16)10(12(14)15)6-11(8)13(17)18-4-2/h5-6,12H,3-4H2,1-2H3. The SMILES string of the molecule is CCOC(=O)c1cc(C(F)F)c(C#N)cc1CC. The van der Waals surface area contributed by atoms with Gasteiger partial charge < -0.3 is 4.74 Å². The minimum absolute atomic E-state index is 0.102. The van der Waals surface area contributed by atoms with Crippen LogP contribution in [0.3, 0.4) is 0 Å². The molecule has 0 bridgehead atoms. The fourth-order valence-electron chi connectivity index (χ4n) is 1.63. The van der Waals surface area contributed by atoms with Crippen molar-refractivity contribution >= 4 is 5.97 Å². The van der Waals surface area contributed by atoms with Crippen LogP contribution in [-0.4, -0.2) is 12.6 Å². The summed E-state index contributed by atoms with van der Waals surface area (Å²) in [6, 6.07) is 4.10. The van der Waals surface area contributed by atoms with Crippen molar-refractivity contribution in [1.82, 2.24) is 0 Å². The third-order valence-corrected chi connectivity index (χ3v) is 2.51. The van der Waals surface area contributed by atoms with Gasteiger partial charge >= 0.3 is 5.97 Å². The summed E-state index contributed by atoms with van der Waals surface area (Å²) in [5.74, 6) is -0.638. The Hall–Kier alpha value is -1.96. The van der Waals surface area contributed by atoms with Crippen LogP contribution in [-0.2, 0) is 11.2 Å². The minimum atomic E-state index is -2.79. The lowest BCUT2D eigenvalue weighted by Crippen LogP contribution is -2.10. The van der Waals surface area contributed by atoms with Crippen LogP contribution in [0.5, 0.6) is 0 Å². The molecule has 0 radical (unpaired) electrons. The first-order valence-electron chi connectivity index (χ1n) is 5.57. The second-order valence-electron chi connectivity index (χ2n) is 3.58. The molecule has 0 saturated heterocycles. The maximum Gasteiger partial charge on any atom is 0.338 e. The number of hydrogen-bond donors (Lipinski definition) is 0. The van der Waals surface area contributed by atoms with Crippen molar-refractivity contribution < 1.29 is 18.3 Å². The average molecular weight is 253 g/mol. The Labute approximate surface area is 104 Å². The maximum atomic E-state index is 12.8. The van der Waals surface area contributed by atoms with E-state index in [2.05, 4.69) is 0 Å². The molecule has 0 amide bonds. The summed E-state index contributed by atoms with van der Waals surface area (Å²) in [6.07, 6.45) is -2.33. The number of ether oxygens (including phenoxy) is 1. The highest BCUT2D eigenvalue weighted by Crippen LogP contribution is 2.26. The monoisotopic (exact) mass is 253 g/mol. The van der Waals surface area contributed by atoms with E-state index in [1.54, 1.807) is 19.9 Å². The number of aryl methyl sites for hydroxylation is 1. The molecule has 0 unspecified atom stereocenters. The summed E-state index contributed by atoms with van der Waals surface area (Å²) in [5.41, 5.74) is 0.107. The first-order chi connectivity index (χ1) is 8.54. The van der Waals surface area contributed by atoms with E-state index in [0.29, 0.717) is 12.0 Å². The summed E-state index contributed by atoms with van der Waals surface area (Å²) >= 11 is 0. The zero-order valence-corrected chi connectivity index (χ0v) is 10.2. The van der Waals surface area contributed by atoms with Crippen LogP contribution in [0.15, 0.2) is 12.1 Å². The lowest BCUT2D eigenvalue weighted by molar-refractivity contribution is 0.0524. The van der Waals surface area contributed by atoms with E-state index in [1.807, 2.05) is 0 Å². The van der Waals surface area contributed by atoms with Crippen LogP contribution in [0.2, 0.25) is 0 Å². The number of carbonyl (C=O) groups excluding carboxylic acids is 1. The van der Waals surface area contributed by atoms with E-state index >= 15 is 0 Å². The van der Waals surface area contributed by atoms with Crippen molar-refractivity contribution in [3.05, 3.63) is 34.4 Å². The van der Waals surface area contributed by atoms with Gasteiger partial charge in [0.15, 0.2) is 0 Å². The summed E-state index contributed by atoms with van der Waals surface area (Å²) in [7, 11) is 0.